The molecule has 0 spiro atoms. The number of aromatic nitrogens is 3. The van der Waals surface area contributed by atoms with Gasteiger partial charge in [0.25, 0.3) is 5.91 Å². The zero-order valence-corrected chi connectivity index (χ0v) is 21.1. The molecule has 1 saturated carbocycles. The van der Waals surface area contributed by atoms with E-state index in [1.54, 1.807) is 19.2 Å². The molecule has 1 aliphatic carbocycles. The van der Waals surface area contributed by atoms with E-state index in [-0.39, 0.29) is 29.3 Å². The van der Waals surface area contributed by atoms with Crippen LogP contribution in [-0.4, -0.2) is 63.0 Å². The second kappa shape index (κ2) is 10.2. The summed E-state index contributed by atoms with van der Waals surface area (Å²) in [4.78, 5) is 18.5. The summed E-state index contributed by atoms with van der Waals surface area (Å²) >= 11 is 0. The van der Waals surface area contributed by atoms with Gasteiger partial charge < -0.3 is 10.6 Å². The van der Waals surface area contributed by atoms with E-state index < -0.39 is 23.8 Å². The second-order valence-electron chi connectivity index (χ2n) is 10.2. The zero-order valence-electron chi connectivity index (χ0n) is 21.1. The molecular formula is C27H31F3N6O. The fourth-order valence-corrected chi connectivity index (χ4v) is 4.67. The van der Waals surface area contributed by atoms with E-state index in [4.69, 9.17) is 0 Å². The molecule has 10 heteroatoms. The molecule has 2 atom stereocenters. The van der Waals surface area contributed by atoms with Crippen molar-refractivity contribution in [1.82, 2.24) is 25.0 Å². The highest BCUT2D eigenvalue weighted by Crippen LogP contribution is 2.28. The number of aryl methyl sites for hydroxylation is 1. The van der Waals surface area contributed by atoms with Crippen LogP contribution < -0.4 is 10.6 Å². The Morgan fingerprint density at radius 1 is 1.14 bits per heavy atom. The van der Waals surface area contributed by atoms with E-state index in [1.165, 1.54) is 29.2 Å². The predicted octanol–water partition coefficient (Wildman–Crippen LogP) is 4.65. The van der Waals surface area contributed by atoms with Crippen molar-refractivity contribution in [2.24, 2.45) is 0 Å². The molecule has 5 rings (SSSR count). The van der Waals surface area contributed by atoms with Crippen LogP contribution in [0.4, 0.5) is 18.9 Å². The Labute approximate surface area is 214 Å². The Balaban J connectivity index is 1.37. The Morgan fingerprint density at radius 3 is 2.62 bits per heavy atom. The van der Waals surface area contributed by atoms with Gasteiger partial charge in [-0.25, -0.2) is 18.4 Å². The predicted molar refractivity (Wildman–Crippen MR) is 136 cm³/mol. The average Bonchev–Trinajstić information content (AvgIpc) is 3.53. The fraction of sp³-hybridized carbons (Fsp3) is 0.444. The summed E-state index contributed by atoms with van der Waals surface area (Å²) in [5.74, 6) is -1.75. The number of benzene rings is 1. The lowest BCUT2D eigenvalue weighted by Gasteiger charge is -2.37. The van der Waals surface area contributed by atoms with Crippen LogP contribution in [0.5, 0.6) is 0 Å². The van der Waals surface area contributed by atoms with E-state index in [2.05, 4.69) is 25.6 Å². The van der Waals surface area contributed by atoms with E-state index >= 15 is 0 Å². The molecule has 0 bridgehead atoms. The van der Waals surface area contributed by atoms with Crippen LogP contribution in [0.25, 0.3) is 16.8 Å². The number of nitrogens with one attached hydrogen (secondary N) is 2. The number of hydrogen-bond acceptors (Lipinski definition) is 5. The third-order valence-electron chi connectivity index (χ3n) is 7.08. The number of hydrogen-bond donors (Lipinski definition) is 2. The van der Waals surface area contributed by atoms with E-state index in [9.17, 15) is 18.0 Å². The number of alkyl halides is 1. The lowest BCUT2D eigenvalue weighted by Crippen LogP contribution is -2.50. The second-order valence-corrected chi connectivity index (χ2v) is 10.2. The number of pyridine rings is 1. The third kappa shape index (κ3) is 5.49. The van der Waals surface area contributed by atoms with Gasteiger partial charge in [-0.05, 0) is 63.8 Å². The molecule has 3 heterocycles. The highest BCUT2D eigenvalue weighted by Gasteiger charge is 2.30. The minimum atomic E-state index is -1.06. The summed E-state index contributed by atoms with van der Waals surface area (Å²) < 4.78 is 45.5. The van der Waals surface area contributed by atoms with Crippen molar-refractivity contribution in [1.29, 1.82) is 0 Å². The van der Waals surface area contributed by atoms with Crippen LogP contribution in [0.1, 0.15) is 49.0 Å². The minimum absolute atomic E-state index is 0.0621. The Morgan fingerprint density at radius 2 is 1.92 bits per heavy atom. The van der Waals surface area contributed by atoms with Gasteiger partial charge in [-0.1, -0.05) is 0 Å². The monoisotopic (exact) mass is 512 g/mol. The summed E-state index contributed by atoms with van der Waals surface area (Å²) in [6, 6.07) is 4.33. The maximum absolute atomic E-state index is 14.8. The van der Waals surface area contributed by atoms with E-state index in [0.29, 0.717) is 35.5 Å². The first kappa shape index (κ1) is 25.3. The Hall–Kier alpha value is -3.40. The molecule has 0 radical (unpaired) electrons. The standard InChI is InChI=1S/C27H31F3N6O/c1-15(2)35-7-6-24(23(29)14-35)33-19-9-20(26(30)31-12-19)17-11-32-36(13-17)25-10-21(22(28)8-16(25)3)27(37)34-18-4-5-18/h8-13,15,18,23-24,33H,4-7,14H2,1-3H3,(H,34,37)/t23-,24+/m1/s1. The number of carbonyl (C=O) groups excluding carboxylic acids is 1. The van der Waals surface area contributed by atoms with Crippen molar-refractivity contribution in [2.45, 2.75) is 64.3 Å². The van der Waals surface area contributed by atoms with Crippen molar-refractivity contribution < 1.29 is 18.0 Å². The van der Waals surface area contributed by atoms with Crippen LogP contribution in [0.15, 0.2) is 36.8 Å². The largest absolute Gasteiger partial charge is 0.378 e. The highest BCUT2D eigenvalue weighted by atomic mass is 19.1. The van der Waals surface area contributed by atoms with Gasteiger partial charge in [-0.3, -0.25) is 9.69 Å². The van der Waals surface area contributed by atoms with Crippen molar-refractivity contribution in [2.75, 3.05) is 18.4 Å². The molecule has 2 aliphatic rings. The summed E-state index contributed by atoms with van der Waals surface area (Å²) in [6.07, 6.45) is 5.81. The molecule has 1 saturated heterocycles. The van der Waals surface area contributed by atoms with Gasteiger partial charge in [-0.15, -0.1) is 0 Å². The van der Waals surface area contributed by atoms with Gasteiger partial charge in [0.15, 0.2) is 0 Å². The first-order chi connectivity index (χ1) is 17.7. The molecule has 1 aromatic carbocycles. The number of rotatable bonds is 7. The van der Waals surface area contributed by atoms with Crippen LogP contribution in [-0.2, 0) is 0 Å². The first-order valence-electron chi connectivity index (χ1n) is 12.7. The van der Waals surface area contributed by atoms with E-state index in [0.717, 1.165) is 19.4 Å². The van der Waals surface area contributed by atoms with E-state index in [1.807, 2.05) is 13.8 Å². The molecule has 3 aromatic rings. The SMILES string of the molecule is Cc1cc(F)c(C(=O)NC2CC2)cc1-n1cc(-c2cc(N[C@H]3CCN(C(C)C)C[C@H]3F)cnc2F)cn1. The van der Waals surface area contributed by atoms with Gasteiger partial charge >= 0.3 is 0 Å². The maximum Gasteiger partial charge on any atom is 0.254 e. The topological polar surface area (TPSA) is 75.1 Å². The van der Waals surface area contributed by atoms with Crippen LogP contribution in [0.3, 0.4) is 0 Å². The van der Waals surface area contributed by atoms with Crippen LogP contribution in [0, 0.1) is 18.7 Å². The van der Waals surface area contributed by atoms with Gasteiger partial charge in [-0.2, -0.15) is 9.49 Å². The number of carbonyl (C=O) groups is 1. The number of halogens is 3. The van der Waals surface area contributed by atoms with Crippen molar-refractivity contribution in [3.8, 4) is 16.8 Å². The van der Waals surface area contributed by atoms with Crippen molar-refractivity contribution in [3.63, 3.8) is 0 Å². The van der Waals surface area contributed by atoms with Crippen molar-refractivity contribution in [3.05, 3.63) is 59.7 Å². The highest BCUT2D eigenvalue weighted by molar-refractivity contribution is 5.95. The van der Waals surface area contributed by atoms with Gasteiger partial charge in [0.2, 0.25) is 5.95 Å². The smallest absolute Gasteiger partial charge is 0.254 e. The lowest BCUT2D eigenvalue weighted by molar-refractivity contribution is 0.0947. The first-order valence-corrected chi connectivity index (χ1v) is 12.7. The van der Waals surface area contributed by atoms with Crippen molar-refractivity contribution >= 4 is 11.6 Å². The molecule has 2 fully saturated rings. The summed E-state index contributed by atoms with van der Waals surface area (Å²) in [6.45, 7) is 6.94. The molecule has 1 aliphatic heterocycles. The molecule has 0 unspecified atom stereocenters. The molecule has 7 nitrogen and oxygen atoms in total. The minimum Gasteiger partial charge on any atom is -0.378 e. The normalized spacial score (nSPS) is 20.3. The number of amides is 1. The number of piperidine rings is 1. The summed E-state index contributed by atoms with van der Waals surface area (Å²) in [7, 11) is 0. The quantitative estimate of drug-likeness (QED) is 0.451. The zero-order chi connectivity index (χ0) is 26.3. The number of nitrogens with zero attached hydrogens (tertiary/aromatic N) is 4. The lowest BCUT2D eigenvalue weighted by atomic mass is 10.0. The maximum atomic E-state index is 14.8. The average molecular weight is 513 g/mol. The Kier molecular flexibility index (Phi) is 6.94. The van der Waals surface area contributed by atoms with Crippen LogP contribution in [0.2, 0.25) is 0 Å². The molecule has 2 N–H and O–H groups in total. The summed E-state index contributed by atoms with van der Waals surface area (Å²) in [5, 5.41) is 10.3. The third-order valence-corrected chi connectivity index (χ3v) is 7.08. The molecular weight excluding hydrogens is 481 g/mol. The number of likely N-dealkylation sites (tertiary alicyclic amines) is 1. The molecule has 2 aromatic heterocycles. The van der Waals surface area contributed by atoms with Gasteiger partial charge in [0, 0.05) is 42.5 Å². The molecule has 37 heavy (non-hydrogen) atoms. The Bertz CT molecular complexity index is 1310. The van der Waals surface area contributed by atoms with Gasteiger partial charge in [0.05, 0.1) is 35.4 Å². The fourth-order valence-electron chi connectivity index (χ4n) is 4.67. The number of anilines is 1. The van der Waals surface area contributed by atoms with Gasteiger partial charge in [0.1, 0.15) is 12.0 Å². The summed E-state index contributed by atoms with van der Waals surface area (Å²) in [5.41, 5.74) is 2.20. The molecule has 196 valence electrons. The van der Waals surface area contributed by atoms with Crippen LogP contribution >= 0.6 is 0 Å². The molecule has 1 amide bonds.